The fraction of sp³-hybridized carbons (Fsp3) is 0.250. The predicted octanol–water partition coefficient (Wildman–Crippen LogP) is 2.95. The zero-order valence-electron chi connectivity index (χ0n) is 13.5. The van der Waals surface area contributed by atoms with E-state index in [1.165, 1.54) is 11.3 Å². The van der Waals surface area contributed by atoms with E-state index in [1.807, 2.05) is 13.8 Å². The summed E-state index contributed by atoms with van der Waals surface area (Å²) in [5.41, 5.74) is 4.11. The Morgan fingerprint density at radius 3 is 2.62 bits per heavy atom. The topological polar surface area (TPSA) is 93.4 Å². The van der Waals surface area contributed by atoms with E-state index in [0.29, 0.717) is 21.3 Å². The number of carbonyl (C=O) groups excluding carboxylic acids is 2. The molecule has 0 aliphatic carbocycles. The number of anilines is 1. The summed E-state index contributed by atoms with van der Waals surface area (Å²) in [5.74, 6) is 4.94. The Bertz CT molecular complexity index is 789. The summed E-state index contributed by atoms with van der Waals surface area (Å²) in [7, 11) is 0. The first-order valence-electron chi connectivity index (χ1n) is 7.13. The van der Waals surface area contributed by atoms with Gasteiger partial charge in [0.1, 0.15) is 10.8 Å². The van der Waals surface area contributed by atoms with Crippen molar-refractivity contribution in [2.45, 2.75) is 20.8 Å². The van der Waals surface area contributed by atoms with Crippen molar-refractivity contribution in [1.82, 2.24) is 5.43 Å². The number of nitrogens with one attached hydrogen (secondary N) is 2. The number of nitrogens with two attached hydrogens (primary N) is 1. The maximum Gasteiger partial charge on any atom is 0.268 e. The zero-order chi connectivity index (χ0) is 17.9. The third kappa shape index (κ3) is 4.05. The highest BCUT2D eigenvalue weighted by Crippen LogP contribution is 2.32. The Labute approximate surface area is 148 Å². The number of benzene rings is 1. The third-order valence-corrected chi connectivity index (χ3v) is 5.04. The molecule has 8 heteroatoms. The first kappa shape index (κ1) is 18.3. The molecule has 0 saturated carbocycles. The van der Waals surface area contributed by atoms with Crippen molar-refractivity contribution in [3.05, 3.63) is 44.8 Å². The number of nitrogen functional groups attached to an aromatic ring is 1. The number of rotatable bonds is 5. The summed E-state index contributed by atoms with van der Waals surface area (Å²) in [6.07, 6.45) is 0. The number of amides is 2. The van der Waals surface area contributed by atoms with Crippen molar-refractivity contribution in [2.75, 3.05) is 11.9 Å². The molecular formula is C16H18ClN3O3S. The summed E-state index contributed by atoms with van der Waals surface area (Å²) in [6.45, 7) is 5.35. The molecule has 128 valence electrons. The van der Waals surface area contributed by atoms with E-state index in [0.717, 1.165) is 16.0 Å². The number of hydrazine groups is 1. The molecule has 1 aromatic carbocycles. The number of thiophene rings is 1. The highest BCUT2D eigenvalue weighted by Gasteiger charge is 2.20. The lowest BCUT2D eigenvalue weighted by Crippen LogP contribution is -2.31. The molecule has 24 heavy (non-hydrogen) atoms. The average Bonchev–Trinajstić information content (AvgIpc) is 2.82. The zero-order valence-corrected chi connectivity index (χ0v) is 15.1. The lowest BCUT2D eigenvalue weighted by molar-refractivity contribution is -0.118. The van der Waals surface area contributed by atoms with Gasteiger partial charge in [0.25, 0.3) is 11.8 Å². The fourth-order valence-corrected chi connectivity index (χ4v) is 3.27. The van der Waals surface area contributed by atoms with Crippen molar-refractivity contribution in [1.29, 1.82) is 0 Å². The van der Waals surface area contributed by atoms with E-state index < -0.39 is 5.91 Å². The van der Waals surface area contributed by atoms with Crippen molar-refractivity contribution in [3.63, 3.8) is 0 Å². The number of hydrogen-bond donors (Lipinski definition) is 3. The van der Waals surface area contributed by atoms with Crippen LogP contribution in [0, 0.1) is 20.8 Å². The highest BCUT2D eigenvalue weighted by atomic mass is 35.5. The van der Waals surface area contributed by atoms with Crippen LogP contribution < -0.4 is 21.3 Å². The molecular weight excluding hydrogens is 350 g/mol. The van der Waals surface area contributed by atoms with Crippen molar-refractivity contribution < 1.29 is 14.3 Å². The maximum atomic E-state index is 12.1. The molecule has 6 nitrogen and oxygen atoms in total. The van der Waals surface area contributed by atoms with Crippen LogP contribution in [0.25, 0.3) is 0 Å². The Morgan fingerprint density at radius 2 is 2.00 bits per heavy atom. The molecule has 1 aromatic heterocycles. The molecule has 2 aromatic rings. The van der Waals surface area contributed by atoms with Gasteiger partial charge in [-0.15, -0.1) is 11.3 Å². The first-order chi connectivity index (χ1) is 11.3. The molecule has 0 fully saturated rings. The van der Waals surface area contributed by atoms with Crippen LogP contribution in [0.1, 0.15) is 26.4 Å². The Kier molecular flexibility index (Phi) is 5.82. The minimum Gasteiger partial charge on any atom is -0.484 e. The predicted molar refractivity (Wildman–Crippen MR) is 95.8 cm³/mol. The molecule has 0 spiro atoms. The summed E-state index contributed by atoms with van der Waals surface area (Å²) < 4.78 is 5.45. The molecule has 0 atom stereocenters. The van der Waals surface area contributed by atoms with Crippen molar-refractivity contribution >= 4 is 39.8 Å². The minimum absolute atomic E-state index is 0.180. The smallest absolute Gasteiger partial charge is 0.268 e. The summed E-state index contributed by atoms with van der Waals surface area (Å²) in [5, 5.41) is 3.78. The Balaban J connectivity index is 2.06. The van der Waals surface area contributed by atoms with Gasteiger partial charge in [0.05, 0.1) is 5.56 Å². The average molecular weight is 368 g/mol. The van der Waals surface area contributed by atoms with E-state index >= 15 is 0 Å². The van der Waals surface area contributed by atoms with Crippen molar-refractivity contribution in [2.24, 2.45) is 5.84 Å². The monoisotopic (exact) mass is 367 g/mol. The van der Waals surface area contributed by atoms with Gasteiger partial charge in [0.15, 0.2) is 6.61 Å². The highest BCUT2D eigenvalue weighted by molar-refractivity contribution is 7.16. The molecule has 0 aliphatic rings. The summed E-state index contributed by atoms with van der Waals surface area (Å²) in [4.78, 5) is 24.9. The first-order valence-corrected chi connectivity index (χ1v) is 8.32. The standard InChI is InChI=1S/C16H18ClN3O3S/c1-8-6-11(4-5-12(8)17)23-7-13(21)19-16-14(15(22)20-18)9(2)10(3)24-16/h4-6H,7,18H2,1-3H3,(H,19,21)(H,20,22). The second-order valence-electron chi connectivity index (χ2n) is 5.21. The van der Waals surface area contributed by atoms with E-state index in [9.17, 15) is 9.59 Å². The Morgan fingerprint density at radius 1 is 1.29 bits per heavy atom. The van der Waals surface area contributed by atoms with E-state index in [2.05, 4.69) is 10.7 Å². The Hall–Kier alpha value is -2.09. The summed E-state index contributed by atoms with van der Waals surface area (Å²) >= 11 is 7.26. The number of ether oxygens (including phenoxy) is 1. The van der Waals surface area contributed by atoms with E-state index in [1.54, 1.807) is 25.1 Å². The van der Waals surface area contributed by atoms with Gasteiger partial charge in [-0.05, 0) is 50.1 Å². The quantitative estimate of drug-likeness (QED) is 0.430. The third-order valence-electron chi connectivity index (χ3n) is 3.50. The summed E-state index contributed by atoms with van der Waals surface area (Å²) in [6, 6.07) is 5.15. The molecule has 0 saturated heterocycles. The van der Waals surface area contributed by atoms with Gasteiger partial charge in [-0.25, -0.2) is 5.84 Å². The van der Waals surface area contributed by atoms with Gasteiger partial charge in [-0.1, -0.05) is 11.6 Å². The van der Waals surface area contributed by atoms with Crippen molar-refractivity contribution in [3.8, 4) is 5.75 Å². The largest absolute Gasteiger partial charge is 0.484 e. The van der Waals surface area contributed by atoms with Gasteiger partial charge in [-0.2, -0.15) is 0 Å². The van der Waals surface area contributed by atoms with Crippen LogP contribution in [0.2, 0.25) is 5.02 Å². The number of hydrogen-bond acceptors (Lipinski definition) is 5. The minimum atomic E-state index is -0.443. The van der Waals surface area contributed by atoms with Gasteiger partial charge >= 0.3 is 0 Å². The van der Waals surface area contributed by atoms with Crippen LogP contribution >= 0.6 is 22.9 Å². The molecule has 0 unspecified atom stereocenters. The second kappa shape index (κ2) is 7.65. The van der Waals surface area contributed by atoms with Crippen LogP contribution in [0.5, 0.6) is 5.75 Å². The van der Waals surface area contributed by atoms with Gasteiger partial charge in [0, 0.05) is 9.90 Å². The van der Waals surface area contributed by atoms with Crippen LogP contribution in [0.4, 0.5) is 5.00 Å². The molecule has 2 rings (SSSR count). The molecule has 0 radical (unpaired) electrons. The fourth-order valence-electron chi connectivity index (χ4n) is 2.08. The lowest BCUT2D eigenvalue weighted by atomic mass is 10.1. The van der Waals surface area contributed by atoms with Crippen LogP contribution in [-0.4, -0.2) is 18.4 Å². The number of halogens is 1. The van der Waals surface area contributed by atoms with Gasteiger partial charge in [0.2, 0.25) is 0 Å². The number of aryl methyl sites for hydroxylation is 2. The van der Waals surface area contributed by atoms with Crippen LogP contribution in [-0.2, 0) is 4.79 Å². The normalized spacial score (nSPS) is 10.4. The maximum absolute atomic E-state index is 12.1. The molecule has 0 aliphatic heterocycles. The second-order valence-corrected chi connectivity index (χ2v) is 6.84. The van der Waals surface area contributed by atoms with Crippen LogP contribution in [0.15, 0.2) is 18.2 Å². The molecule has 2 amide bonds. The van der Waals surface area contributed by atoms with Gasteiger partial charge < -0.3 is 10.1 Å². The van der Waals surface area contributed by atoms with E-state index in [-0.39, 0.29) is 12.5 Å². The SMILES string of the molecule is Cc1cc(OCC(=O)Nc2sc(C)c(C)c2C(=O)NN)ccc1Cl. The van der Waals surface area contributed by atoms with Crippen LogP contribution in [0.3, 0.4) is 0 Å². The molecule has 0 bridgehead atoms. The van der Waals surface area contributed by atoms with Gasteiger partial charge in [-0.3, -0.25) is 15.0 Å². The van der Waals surface area contributed by atoms with E-state index in [4.69, 9.17) is 22.2 Å². The molecule has 4 N–H and O–H groups in total. The molecule has 1 heterocycles. The lowest BCUT2D eigenvalue weighted by Gasteiger charge is -2.09. The number of carbonyl (C=O) groups is 2.